The Labute approximate surface area is 121 Å². The zero-order valence-electron chi connectivity index (χ0n) is 11.3. The molecule has 7 heteroatoms. The minimum Gasteiger partial charge on any atom is -0.443 e. The van der Waals surface area contributed by atoms with Crippen LogP contribution in [0.4, 0.5) is 5.88 Å². The summed E-state index contributed by atoms with van der Waals surface area (Å²) in [4.78, 5) is 12.2. The van der Waals surface area contributed by atoms with Crippen LogP contribution < -0.4 is 11.1 Å². The Kier molecular flexibility index (Phi) is 4.34. The summed E-state index contributed by atoms with van der Waals surface area (Å²) in [6.07, 6.45) is 1.85. The summed E-state index contributed by atoms with van der Waals surface area (Å²) in [5, 5.41) is 6.81. The Hall–Kier alpha value is -1.95. The molecule has 2 heterocycles. The van der Waals surface area contributed by atoms with Crippen molar-refractivity contribution in [1.82, 2.24) is 10.5 Å². The molecule has 0 spiro atoms. The number of rotatable bonds is 5. The van der Waals surface area contributed by atoms with Crippen LogP contribution in [0, 0.1) is 0 Å². The van der Waals surface area contributed by atoms with E-state index in [9.17, 15) is 4.79 Å². The minimum atomic E-state index is -0.341. The molecule has 108 valence electrons. The number of nitrogens with zero attached hydrogens (tertiary/aromatic N) is 1. The number of nitrogens with one attached hydrogen (secondary N) is 1. The van der Waals surface area contributed by atoms with E-state index in [1.807, 2.05) is 13.8 Å². The quantitative estimate of drug-likeness (QED) is 0.884. The van der Waals surface area contributed by atoms with E-state index in [0.717, 1.165) is 12.8 Å². The van der Waals surface area contributed by atoms with Gasteiger partial charge < -0.3 is 20.0 Å². The van der Waals surface area contributed by atoms with Gasteiger partial charge in [0.2, 0.25) is 5.88 Å². The van der Waals surface area contributed by atoms with Crippen molar-refractivity contribution in [3.8, 4) is 11.5 Å². The first-order valence-corrected chi connectivity index (χ1v) is 6.72. The van der Waals surface area contributed by atoms with Crippen LogP contribution in [0.1, 0.15) is 37.0 Å². The summed E-state index contributed by atoms with van der Waals surface area (Å²) in [6, 6.07) is 3.20. The van der Waals surface area contributed by atoms with Crippen LogP contribution in [0.3, 0.4) is 0 Å². The van der Waals surface area contributed by atoms with Crippen LogP contribution in [-0.2, 0) is 0 Å². The Morgan fingerprint density at radius 1 is 1.55 bits per heavy atom. The molecule has 0 fully saturated rings. The zero-order chi connectivity index (χ0) is 14.7. The normalized spacial score (nSPS) is 12.3. The highest BCUT2D eigenvalue weighted by Gasteiger charge is 2.25. The molecule has 2 aromatic rings. The molecule has 0 aliphatic heterocycles. The monoisotopic (exact) mass is 297 g/mol. The second-order valence-electron chi connectivity index (χ2n) is 4.54. The average molecular weight is 298 g/mol. The molecule has 2 rings (SSSR count). The molecular weight excluding hydrogens is 282 g/mol. The third kappa shape index (κ3) is 2.96. The van der Waals surface area contributed by atoms with Crippen molar-refractivity contribution in [2.45, 2.75) is 32.7 Å². The summed E-state index contributed by atoms with van der Waals surface area (Å²) in [7, 11) is 0. The summed E-state index contributed by atoms with van der Waals surface area (Å²) in [5.41, 5.74) is 6.08. The van der Waals surface area contributed by atoms with Crippen LogP contribution >= 0.6 is 11.6 Å². The van der Waals surface area contributed by atoms with Gasteiger partial charge in [0.1, 0.15) is 5.56 Å². The van der Waals surface area contributed by atoms with Crippen molar-refractivity contribution in [2.75, 3.05) is 5.73 Å². The third-order valence-electron chi connectivity index (χ3n) is 2.85. The SMILES string of the molecule is CCCC(C)NC(=O)c1c(-c2ccc(Cl)o2)noc1N. The molecule has 0 saturated heterocycles. The van der Waals surface area contributed by atoms with E-state index in [1.54, 1.807) is 12.1 Å². The van der Waals surface area contributed by atoms with Gasteiger partial charge in [0.25, 0.3) is 5.91 Å². The first-order valence-electron chi connectivity index (χ1n) is 6.34. The van der Waals surface area contributed by atoms with Gasteiger partial charge in [-0.2, -0.15) is 0 Å². The smallest absolute Gasteiger partial charge is 0.259 e. The number of furan rings is 1. The van der Waals surface area contributed by atoms with Crippen molar-refractivity contribution >= 4 is 23.4 Å². The minimum absolute atomic E-state index is 0.0369. The van der Waals surface area contributed by atoms with Gasteiger partial charge in [-0.05, 0) is 37.1 Å². The molecule has 0 radical (unpaired) electrons. The van der Waals surface area contributed by atoms with E-state index in [-0.39, 0.29) is 34.3 Å². The maximum atomic E-state index is 12.2. The van der Waals surface area contributed by atoms with Gasteiger partial charge in [-0.3, -0.25) is 4.79 Å². The Morgan fingerprint density at radius 2 is 2.30 bits per heavy atom. The van der Waals surface area contributed by atoms with Crippen LogP contribution in [0.15, 0.2) is 21.1 Å². The number of aromatic nitrogens is 1. The highest BCUT2D eigenvalue weighted by molar-refractivity contribution is 6.29. The fraction of sp³-hybridized carbons (Fsp3) is 0.385. The largest absolute Gasteiger partial charge is 0.443 e. The molecule has 1 amide bonds. The molecule has 0 saturated carbocycles. The molecule has 0 aliphatic rings. The fourth-order valence-electron chi connectivity index (χ4n) is 1.93. The number of anilines is 1. The van der Waals surface area contributed by atoms with Gasteiger partial charge in [0.05, 0.1) is 0 Å². The van der Waals surface area contributed by atoms with E-state index in [2.05, 4.69) is 10.5 Å². The van der Waals surface area contributed by atoms with Crippen molar-refractivity contribution in [3.05, 3.63) is 22.9 Å². The molecule has 0 bridgehead atoms. The molecule has 1 unspecified atom stereocenters. The maximum Gasteiger partial charge on any atom is 0.259 e. The number of carbonyl (C=O) groups excluding carboxylic acids is 1. The van der Waals surface area contributed by atoms with Crippen LogP contribution in [0.5, 0.6) is 0 Å². The zero-order valence-corrected chi connectivity index (χ0v) is 12.0. The molecule has 3 N–H and O–H groups in total. The summed E-state index contributed by atoms with van der Waals surface area (Å²) < 4.78 is 10.1. The van der Waals surface area contributed by atoms with Crippen LogP contribution in [0.2, 0.25) is 5.22 Å². The first kappa shape index (κ1) is 14.5. The number of nitrogen functional groups attached to an aromatic ring is 1. The predicted molar refractivity (Wildman–Crippen MR) is 75.5 cm³/mol. The van der Waals surface area contributed by atoms with E-state index < -0.39 is 0 Å². The van der Waals surface area contributed by atoms with Crippen LogP contribution in [0.25, 0.3) is 11.5 Å². The maximum absolute atomic E-state index is 12.2. The second kappa shape index (κ2) is 6.00. The lowest BCUT2D eigenvalue weighted by Crippen LogP contribution is -2.32. The number of hydrogen-bond donors (Lipinski definition) is 2. The number of hydrogen-bond acceptors (Lipinski definition) is 5. The molecule has 2 aromatic heterocycles. The van der Waals surface area contributed by atoms with Crippen molar-refractivity contribution in [2.24, 2.45) is 0 Å². The lowest BCUT2D eigenvalue weighted by molar-refractivity contribution is 0.0939. The van der Waals surface area contributed by atoms with E-state index in [4.69, 9.17) is 26.3 Å². The summed E-state index contributed by atoms with van der Waals surface area (Å²) in [5.74, 6) is -0.0512. The van der Waals surface area contributed by atoms with E-state index >= 15 is 0 Å². The standard InChI is InChI=1S/C13H16ClN3O3/c1-3-4-7(2)16-13(18)10-11(17-20-12(10)15)8-5-6-9(14)19-8/h5-7H,3-4,15H2,1-2H3,(H,16,18). The highest BCUT2D eigenvalue weighted by atomic mass is 35.5. The topological polar surface area (TPSA) is 94.3 Å². The van der Waals surface area contributed by atoms with E-state index in [1.165, 1.54) is 0 Å². The molecule has 6 nitrogen and oxygen atoms in total. The number of amides is 1. The van der Waals surface area contributed by atoms with Crippen molar-refractivity contribution in [3.63, 3.8) is 0 Å². The number of nitrogens with two attached hydrogens (primary N) is 1. The Bertz CT molecular complexity index is 606. The van der Waals surface area contributed by atoms with Gasteiger partial charge in [0.15, 0.2) is 16.7 Å². The first-order chi connectivity index (χ1) is 9.52. The van der Waals surface area contributed by atoms with Crippen LogP contribution in [-0.4, -0.2) is 17.1 Å². The van der Waals surface area contributed by atoms with Crippen molar-refractivity contribution in [1.29, 1.82) is 0 Å². The van der Waals surface area contributed by atoms with Gasteiger partial charge >= 0.3 is 0 Å². The third-order valence-corrected chi connectivity index (χ3v) is 3.05. The van der Waals surface area contributed by atoms with Gasteiger partial charge in [-0.15, -0.1) is 0 Å². The lowest BCUT2D eigenvalue weighted by atomic mass is 10.1. The summed E-state index contributed by atoms with van der Waals surface area (Å²) in [6.45, 7) is 3.97. The fourth-order valence-corrected chi connectivity index (χ4v) is 2.08. The Balaban J connectivity index is 2.27. The second-order valence-corrected chi connectivity index (χ2v) is 4.91. The van der Waals surface area contributed by atoms with E-state index in [0.29, 0.717) is 5.76 Å². The summed E-state index contributed by atoms with van der Waals surface area (Å²) >= 11 is 5.72. The lowest BCUT2D eigenvalue weighted by Gasteiger charge is -2.12. The van der Waals surface area contributed by atoms with Gasteiger partial charge in [-0.1, -0.05) is 18.5 Å². The molecule has 0 aliphatic carbocycles. The predicted octanol–water partition coefficient (Wildman–Crippen LogP) is 3.09. The molecule has 0 aromatic carbocycles. The molecule has 1 atom stereocenters. The number of halogens is 1. The highest BCUT2D eigenvalue weighted by Crippen LogP contribution is 2.30. The average Bonchev–Trinajstić information content (AvgIpc) is 2.95. The van der Waals surface area contributed by atoms with Gasteiger partial charge in [0, 0.05) is 6.04 Å². The number of carbonyl (C=O) groups is 1. The van der Waals surface area contributed by atoms with Crippen molar-refractivity contribution < 1.29 is 13.7 Å². The molecular formula is C13H16ClN3O3. The Morgan fingerprint density at radius 3 is 2.90 bits per heavy atom. The molecule has 20 heavy (non-hydrogen) atoms. The van der Waals surface area contributed by atoms with Gasteiger partial charge in [-0.25, -0.2) is 0 Å².